The van der Waals surface area contributed by atoms with Crippen LogP contribution in [0.3, 0.4) is 0 Å². The first-order valence-corrected chi connectivity index (χ1v) is 9.75. The van der Waals surface area contributed by atoms with Crippen LogP contribution < -0.4 is 10.6 Å². The maximum Gasteiger partial charge on any atom is 0.191 e. The Hall–Kier alpha value is -0.0400. The molecule has 140 valence electrons. The minimum atomic E-state index is 0. The number of hydrogen-bond acceptors (Lipinski definition) is 2. The van der Waals surface area contributed by atoms with Gasteiger partial charge in [0.25, 0.3) is 0 Å². The van der Waals surface area contributed by atoms with Gasteiger partial charge in [0.2, 0.25) is 0 Å². The van der Waals surface area contributed by atoms with Gasteiger partial charge in [-0.25, -0.2) is 0 Å². The van der Waals surface area contributed by atoms with E-state index in [1.165, 1.54) is 38.5 Å². The minimum Gasteiger partial charge on any atom is -0.377 e. The van der Waals surface area contributed by atoms with Crippen LogP contribution in [0.2, 0.25) is 0 Å². The highest BCUT2D eigenvalue weighted by atomic mass is 127. The summed E-state index contributed by atoms with van der Waals surface area (Å²) in [4.78, 5) is 4.72. The molecular weight excluding hydrogens is 413 g/mol. The summed E-state index contributed by atoms with van der Waals surface area (Å²) in [7, 11) is 0. The minimum absolute atomic E-state index is 0. The van der Waals surface area contributed by atoms with E-state index in [1.807, 2.05) is 0 Å². The van der Waals surface area contributed by atoms with E-state index >= 15 is 0 Å². The lowest BCUT2D eigenvalue weighted by atomic mass is 9.57. The number of rotatable bonds is 4. The van der Waals surface area contributed by atoms with Crippen molar-refractivity contribution in [2.24, 2.45) is 22.2 Å². The number of nitrogens with zero attached hydrogens (tertiary/aromatic N) is 1. The molecule has 1 heterocycles. The molecule has 2 saturated carbocycles. The fraction of sp³-hybridized carbons (Fsp3) is 0.947. The molecule has 3 fully saturated rings. The SMILES string of the molecule is CCN=C(NC1CCCC(CC)C1)NC1C2CCOC2C1(C)C.I. The molecule has 4 nitrogen and oxygen atoms in total. The molecule has 1 aliphatic heterocycles. The van der Waals surface area contributed by atoms with Crippen molar-refractivity contribution < 1.29 is 4.74 Å². The summed E-state index contributed by atoms with van der Waals surface area (Å²) < 4.78 is 5.92. The summed E-state index contributed by atoms with van der Waals surface area (Å²) in [5.74, 6) is 2.57. The van der Waals surface area contributed by atoms with Crippen molar-refractivity contribution in [2.45, 2.75) is 84.4 Å². The molecule has 1 saturated heterocycles. The van der Waals surface area contributed by atoms with Crippen LogP contribution in [-0.4, -0.2) is 37.3 Å². The van der Waals surface area contributed by atoms with Gasteiger partial charge in [-0.1, -0.05) is 40.0 Å². The smallest absolute Gasteiger partial charge is 0.191 e. The monoisotopic (exact) mass is 449 g/mol. The highest BCUT2D eigenvalue weighted by Crippen LogP contribution is 2.52. The number of hydrogen-bond donors (Lipinski definition) is 2. The number of guanidine groups is 1. The van der Waals surface area contributed by atoms with E-state index in [2.05, 4.69) is 38.3 Å². The molecule has 0 spiro atoms. The van der Waals surface area contributed by atoms with Gasteiger partial charge in [0.15, 0.2) is 5.96 Å². The van der Waals surface area contributed by atoms with Crippen molar-refractivity contribution in [1.29, 1.82) is 0 Å². The van der Waals surface area contributed by atoms with Crippen molar-refractivity contribution in [3.8, 4) is 0 Å². The molecule has 3 rings (SSSR count). The van der Waals surface area contributed by atoms with Gasteiger partial charge in [0.05, 0.1) is 6.10 Å². The van der Waals surface area contributed by atoms with E-state index in [0.717, 1.165) is 25.0 Å². The summed E-state index contributed by atoms with van der Waals surface area (Å²) in [6.07, 6.45) is 8.26. The first-order chi connectivity index (χ1) is 11.1. The topological polar surface area (TPSA) is 45.7 Å². The highest BCUT2D eigenvalue weighted by molar-refractivity contribution is 14.0. The third-order valence-electron chi connectivity index (χ3n) is 6.41. The summed E-state index contributed by atoms with van der Waals surface area (Å²) in [5.41, 5.74) is 0.204. The number of aliphatic imine (C=N–C) groups is 1. The lowest BCUT2D eigenvalue weighted by Crippen LogP contribution is -2.68. The van der Waals surface area contributed by atoms with E-state index in [9.17, 15) is 0 Å². The third-order valence-corrected chi connectivity index (χ3v) is 6.41. The van der Waals surface area contributed by atoms with Crippen LogP contribution >= 0.6 is 24.0 Å². The zero-order valence-corrected chi connectivity index (χ0v) is 18.1. The zero-order valence-electron chi connectivity index (χ0n) is 15.8. The molecule has 0 aromatic carbocycles. The molecule has 5 atom stereocenters. The molecule has 0 radical (unpaired) electrons. The predicted octanol–water partition coefficient (Wildman–Crippen LogP) is 3.94. The largest absolute Gasteiger partial charge is 0.377 e. The normalized spacial score (nSPS) is 37.8. The zero-order chi connectivity index (χ0) is 16.4. The Morgan fingerprint density at radius 2 is 1.96 bits per heavy atom. The van der Waals surface area contributed by atoms with E-state index in [1.54, 1.807) is 0 Å². The van der Waals surface area contributed by atoms with Gasteiger partial charge < -0.3 is 15.4 Å². The lowest BCUT2D eigenvalue weighted by molar-refractivity contribution is -0.106. The van der Waals surface area contributed by atoms with Gasteiger partial charge in [0, 0.05) is 36.6 Å². The molecule has 0 aromatic rings. The van der Waals surface area contributed by atoms with Gasteiger partial charge in [-0.3, -0.25) is 4.99 Å². The van der Waals surface area contributed by atoms with Crippen LogP contribution in [0, 0.1) is 17.3 Å². The average molecular weight is 449 g/mol. The van der Waals surface area contributed by atoms with Crippen molar-refractivity contribution in [1.82, 2.24) is 10.6 Å². The van der Waals surface area contributed by atoms with Crippen LogP contribution in [0.25, 0.3) is 0 Å². The second-order valence-electron chi connectivity index (χ2n) is 8.29. The van der Waals surface area contributed by atoms with Crippen LogP contribution in [0.15, 0.2) is 4.99 Å². The van der Waals surface area contributed by atoms with E-state index in [0.29, 0.717) is 24.1 Å². The van der Waals surface area contributed by atoms with Crippen LogP contribution in [-0.2, 0) is 4.74 Å². The average Bonchev–Trinajstić information content (AvgIpc) is 3.00. The maximum atomic E-state index is 5.92. The number of ether oxygens (including phenoxy) is 1. The van der Waals surface area contributed by atoms with Gasteiger partial charge in [-0.2, -0.15) is 0 Å². The number of halogens is 1. The predicted molar refractivity (Wildman–Crippen MR) is 111 cm³/mol. The highest BCUT2D eigenvalue weighted by Gasteiger charge is 2.59. The Kier molecular flexibility index (Phi) is 7.23. The molecule has 0 bridgehead atoms. The molecule has 2 N–H and O–H groups in total. The van der Waals surface area contributed by atoms with Crippen molar-refractivity contribution in [3.63, 3.8) is 0 Å². The standard InChI is InChI=1S/C19H35N3O.HI/c1-5-13-8-7-9-14(12-13)21-18(20-6-2)22-16-15-10-11-23-17(15)19(16,3)4;/h13-17H,5-12H2,1-4H3,(H2,20,21,22);1H. The first-order valence-electron chi connectivity index (χ1n) is 9.75. The molecule has 3 aliphatic rings. The molecule has 5 heteroatoms. The Bertz CT molecular complexity index is 440. The van der Waals surface area contributed by atoms with Crippen LogP contribution in [0.4, 0.5) is 0 Å². The van der Waals surface area contributed by atoms with E-state index in [-0.39, 0.29) is 29.4 Å². The second-order valence-corrected chi connectivity index (χ2v) is 8.29. The Labute approximate surface area is 165 Å². The van der Waals surface area contributed by atoms with Crippen LogP contribution in [0.1, 0.15) is 66.2 Å². The van der Waals surface area contributed by atoms with Gasteiger partial charge in [0.1, 0.15) is 0 Å². The fourth-order valence-electron chi connectivity index (χ4n) is 5.04. The third kappa shape index (κ3) is 4.02. The molecular formula is C19H36IN3O. The van der Waals surface area contributed by atoms with Crippen LogP contribution in [0.5, 0.6) is 0 Å². The summed E-state index contributed by atoms with van der Waals surface area (Å²) in [5, 5.41) is 7.49. The Balaban J connectivity index is 0.00000208. The van der Waals surface area contributed by atoms with Crippen molar-refractivity contribution in [3.05, 3.63) is 0 Å². The summed E-state index contributed by atoms with van der Waals surface area (Å²) >= 11 is 0. The van der Waals surface area contributed by atoms with Gasteiger partial charge in [-0.15, -0.1) is 24.0 Å². The summed E-state index contributed by atoms with van der Waals surface area (Å²) in [6.45, 7) is 10.8. The Morgan fingerprint density at radius 3 is 2.67 bits per heavy atom. The van der Waals surface area contributed by atoms with Crippen molar-refractivity contribution >= 4 is 29.9 Å². The molecule has 0 amide bonds. The molecule has 0 aromatic heterocycles. The maximum absolute atomic E-state index is 5.92. The van der Waals surface area contributed by atoms with E-state index in [4.69, 9.17) is 9.73 Å². The lowest BCUT2D eigenvalue weighted by Gasteiger charge is -2.55. The number of fused-ring (bicyclic) bond motifs is 1. The second kappa shape index (κ2) is 8.56. The molecule has 2 aliphatic carbocycles. The Morgan fingerprint density at radius 1 is 1.17 bits per heavy atom. The quantitative estimate of drug-likeness (QED) is 0.388. The van der Waals surface area contributed by atoms with E-state index < -0.39 is 0 Å². The summed E-state index contributed by atoms with van der Waals surface area (Å²) in [6, 6.07) is 1.07. The van der Waals surface area contributed by atoms with Gasteiger partial charge in [-0.05, 0) is 32.1 Å². The number of nitrogens with one attached hydrogen (secondary N) is 2. The van der Waals surface area contributed by atoms with Gasteiger partial charge >= 0.3 is 0 Å². The van der Waals surface area contributed by atoms with Crippen molar-refractivity contribution in [2.75, 3.05) is 13.2 Å². The molecule has 5 unspecified atom stereocenters. The fourth-order valence-corrected chi connectivity index (χ4v) is 5.04. The molecule has 24 heavy (non-hydrogen) atoms. The first kappa shape index (κ1) is 20.3.